The monoisotopic (exact) mass is 637 g/mol. The van der Waals surface area contributed by atoms with Gasteiger partial charge in [-0.15, -0.1) is 0 Å². The highest BCUT2D eigenvalue weighted by Gasteiger charge is 2.57. The number of hydrogen-bond donors (Lipinski definition) is 2. The van der Waals surface area contributed by atoms with Crippen molar-refractivity contribution in [1.29, 1.82) is 0 Å². The molecule has 5 aliphatic rings. The van der Waals surface area contributed by atoms with Gasteiger partial charge in [0.1, 0.15) is 5.69 Å². The van der Waals surface area contributed by atoms with Gasteiger partial charge < -0.3 is 10.2 Å². The van der Waals surface area contributed by atoms with Crippen molar-refractivity contribution < 1.29 is 18.1 Å². The molecule has 0 unspecified atom stereocenters. The quantitative estimate of drug-likeness (QED) is 0.257. The van der Waals surface area contributed by atoms with E-state index in [0.717, 1.165) is 81.4 Å². The predicted octanol–water partition coefficient (Wildman–Crippen LogP) is 5.90. The van der Waals surface area contributed by atoms with E-state index in [0.29, 0.717) is 23.9 Å². The third kappa shape index (κ3) is 6.43. The smallest absolute Gasteiger partial charge is 0.293 e. The van der Waals surface area contributed by atoms with Crippen molar-refractivity contribution in [3.8, 4) is 0 Å². The van der Waals surface area contributed by atoms with Gasteiger partial charge in [0.25, 0.3) is 21.6 Å². The maximum atomic E-state index is 13.1. The first-order chi connectivity index (χ1) is 21.4. The first-order valence-electron chi connectivity index (χ1n) is 16.6. The molecule has 4 atom stereocenters. The van der Waals surface area contributed by atoms with Gasteiger partial charge in [-0.3, -0.25) is 19.8 Å². The summed E-state index contributed by atoms with van der Waals surface area (Å²) in [6.45, 7) is 11.8. The van der Waals surface area contributed by atoms with Crippen molar-refractivity contribution in [3.05, 3.63) is 58.1 Å². The molecule has 7 rings (SSSR count). The van der Waals surface area contributed by atoms with Gasteiger partial charge in [-0.05, 0) is 91.2 Å². The molecule has 2 aromatic rings. The van der Waals surface area contributed by atoms with Crippen LogP contribution in [-0.2, 0) is 10.0 Å². The number of rotatable bonds is 9. The van der Waals surface area contributed by atoms with Crippen LogP contribution in [0.4, 0.5) is 17.1 Å². The lowest BCUT2D eigenvalue weighted by Gasteiger charge is -2.64. The van der Waals surface area contributed by atoms with Gasteiger partial charge in [0.2, 0.25) is 0 Å². The number of sulfonamides is 1. The van der Waals surface area contributed by atoms with Crippen molar-refractivity contribution in [1.82, 2.24) is 9.62 Å². The van der Waals surface area contributed by atoms with E-state index in [-0.39, 0.29) is 21.8 Å². The van der Waals surface area contributed by atoms with Gasteiger partial charge in [0, 0.05) is 56.1 Å². The fraction of sp³-hybridized carbons (Fsp3) is 0.618. The van der Waals surface area contributed by atoms with E-state index in [1.807, 2.05) is 12.1 Å². The number of fused-ring (bicyclic) bond motifs is 2. The average molecular weight is 638 g/mol. The topological polar surface area (TPSA) is 125 Å². The number of hydrogen-bond acceptors (Lipinski definition) is 8. The van der Waals surface area contributed by atoms with Crippen LogP contribution in [0.15, 0.2) is 47.4 Å². The lowest BCUT2D eigenvalue weighted by Crippen LogP contribution is -2.63. The van der Waals surface area contributed by atoms with Crippen molar-refractivity contribution in [3.63, 3.8) is 0 Å². The van der Waals surface area contributed by atoms with Crippen LogP contribution in [0.1, 0.15) is 76.1 Å². The molecule has 2 N–H and O–H groups in total. The summed E-state index contributed by atoms with van der Waals surface area (Å²) in [6, 6.07) is 11.4. The number of piperazine rings is 1. The molecule has 0 aromatic heterocycles. The van der Waals surface area contributed by atoms with Crippen LogP contribution >= 0.6 is 0 Å². The number of carbonyl (C=O) groups is 1. The second-order valence-electron chi connectivity index (χ2n) is 14.3. The first kappa shape index (κ1) is 31.8. The van der Waals surface area contributed by atoms with Crippen molar-refractivity contribution in [2.24, 2.45) is 29.1 Å². The zero-order valence-electron chi connectivity index (χ0n) is 26.7. The van der Waals surface area contributed by atoms with Crippen LogP contribution in [0, 0.1) is 39.2 Å². The van der Waals surface area contributed by atoms with E-state index >= 15 is 0 Å². The maximum absolute atomic E-state index is 13.1. The molecule has 0 spiro atoms. The Morgan fingerprint density at radius 2 is 1.69 bits per heavy atom. The minimum atomic E-state index is -4.32. The molecule has 1 aliphatic heterocycles. The Morgan fingerprint density at radius 1 is 1.00 bits per heavy atom. The fourth-order valence-electron chi connectivity index (χ4n) is 8.60. The maximum Gasteiger partial charge on any atom is 0.293 e. The third-order valence-electron chi connectivity index (χ3n) is 11.6. The summed E-state index contributed by atoms with van der Waals surface area (Å²) in [6.07, 6.45) is 8.37. The van der Waals surface area contributed by atoms with Crippen LogP contribution < -0.4 is 14.9 Å². The Balaban J connectivity index is 1.04. The van der Waals surface area contributed by atoms with Gasteiger partial charge in [0.15, 0.2) is 0 Å². The first-order valence-corrected chi connectivity index (χ1v) is 18.1. The largest absolute Gasteiger partial charge is 0.379 e. The van der Waals surface area contributed by atoms with Crippen LogP contribution in [0.25, 0.3) is 0 Å². The van der Waals surface area contributed by atoms with Crippen LogP contribution in [0.3, 0.4) is 0 Å². The van der Waals surface area contributed by atoms with E-state index in [2.05, 4.69) is 40.6 Å². The second kappa shape index (κ2) is 12.5. The van der Waals surface area contributed by atoms with Gasteiger partial charge in [-0.1, -0.05) is 40.0 Å². The lowest BCUT2D eigenvalue weighted by molar-refractivity contribution is -0.384. The number of nitro groups is 1. The molecule has 1 saturated heterocycles. The average Bonchev–Trinajstić information content (AvgIpc) is 3.04. The predicted molar refractivity (Wildman–Crippen MR) is 176 cm³/mol. The zero-order chi connectivity index (χ0) is 31.9. The highest BCUT2D eigenvalue weighted by atomic mass is 32.2. The van der Waals surface area contributed by atoms with Gasteiger partial charge >= 0.3 is 0 Å². The van der Waals surface area contributed by atoms with E-state index in [9.17, 15) is 23.3 Å². The van der Waals surface area contributed by atoms with Crippen LogP contribution in [0.2, 0.25) is 0 Å². The molecule has 2 bridgehead atoms. The molecule has 11 heteroatoms. The summed E-state index contributed by atoms with van der Waals surface area (Å²) in [5.41, 5.74) is 1.64. The third-order valence-corrected chi connectivity index (χ3v) is 12.9. The summed E-state index contributed by atoms with van der Waals surface area (Å²) in [7, 11) is -4.32. The molecule has 4 saturated carbocycles. The highest BCUT2D eigenvalue weighted by molar-refractivity contribution is 7.90. The van der Waals surface area contributed by atoms with Crippen LogP contribution in [-0.4, -0.2) is 62.9 Å². The normalized spacial score (nSPS) is 27.0. The molecular formula is C34H47N5O5S. The van der Waals surface area contributed by atoms with Gasteiger partial charge in [0.05, 0.1) is 9.82 Å². The Kier molecular flexibility index (Phi) is 8.86. The molecule has 10 nitrogen and oxygen atoms in total. The molecule has 1 heterocycles. The molecule has 2 aromatic carbocycles. The van der Waals surface area contributed by atoms with E-state index in [1.54, 1.807) is 12.1 Å². The van der Waals surface area contributed by atoms with Gasteiger partial charge in [-0.2, -0.15) is 0 Å². The second-order valence-corrected chi connectivity index (χ2v) is 16.0. The van der Waals surface area contributed by atoms with Crippen molar-refractivity contribution in [2.45, 2.75) is 76.7 Å². The minimum absolute atomic E-state index is 0.207. The highest BCUT2D eigenvalue weighted by Crippen LogP contribution is 2.62. The summed E-state index contributed by atoms with van der Waals surface area (Å²) in [5.74, 6) is 2.05. The summed E-state index contributed by atoms with van der Waals surface area (Å²) < 4.78 is 28.2. The summed E-state index contributed by atoms with van der Waals surface area (Å²) in [4.78, 5) is 28.8. The van der Waals surface area contributed by atoms with E-state index < -0.39 is 20.9 Å². The summed E-state index contributed by atoms with van der Waals surface area (Å²) in [5, 5.41) is 14.9. The number of benzene rings is 2. The number of amides is 1. The standard InChI is InChI=1S/C34H47N5O5S/c1-23-29-19-26(34(29,2)3)20-31(23)38-17-15-37(16-18-38)27-11-9-25(10-12-27)33(40)36-45(43,44)28-13-14-30(32(21-28)39(41)42)35-22-24-7-5-4-6-8-24/h9-14,21,23-24,26,29,31,35H,4-8,15-20,22H2,1-3H3,(H,36,40)/t23-,26+,29+,31+/m1/s1. The molecule has 244 valence electrons. The number of nitrogens with one attached hydrogen (secondary N) is 2. The lowest BCUT2D eigenvalue weighted by atomic mass is 9.44. The van der Waals surface area contributed by atoms with Crippen molar-refractivity contribution in [2.75, 3.05) is 42.9 Å². The Labute approximate surface area is 267 Å². The Bertz CT molecular complexity index is 1510. The Morgan fingerprint density at radius 3 is 2.31 bits per heavy atom. The molecule has 4 aliphatic carbocycles. The molecule has 1 amide bonds. The molecule has 5 fully saturated rings. The summed E-state index contributed by atoms with van der Waals surface area (Å²) >= 11 is 0. The van der Waals surface area contributed by atoms with Gasteiger partial charge in [-0.25, -0.2) is 13.1 Å². The van der Waals surface area contributed by atoms with E-state index in [4.69, 9.17) is 0 Å². The Hall–Kier alpha value is -3.18. The van der Waals surface area contributed by atoms with E-state index in [1.165, 1.54) is 31.4 Å². The number of nitrogens with zero attached hydrogens (tertiary/aromatic N) is 3. The molecule has 45 heavy (non-hydrogen) atoms. The zero-order valence-corrected chi connectivity index (χ0v) is 27.5. The minimum Gasteiger partial charge on any atom is -0.379 e. The van der Waals surface area contributed by atoms with Crippen LogP contribution in [0.5, 0.6) is 0 Å². The van der Waals surface area contributed by atoms with Crippen molar-refractivity contribution >= 4 is 33.0 Å². The number of anilines is 2. The molecular weight excluding hydrogens is 590 g/mol. The number of nitro benzene ring substituents is 1. The fourth-order valence-corrected chi connectivity index (χ4v) is 9.60. The molecule has 0 radical (unpaired) electrons. The SMILES string of the molecule is C[C@H]1[C@@H](N2CCN(c3ccc(C(=O)NS(=O)(=O)c4ccc(NCC5CCCCC5)c([N+](=O)[O-])c4)cc3)CC2)C[C@@H]2C[C@@H]1C2(C)C. The number of carbonyl (C=O) groups excluding carboxylic acids is 1.